The smallest absolute Gasteiger partial charge is 0.283 e. The molecule has 1 saturated carbocycles. The van der Waals surface area contributed by atoms with Crippen LogP contribution in [-0.2, 0) is 4.74 Å². The van der Waals surface area contributed by atoms with Crippen LogP contribution < -0.4 is 5.32 Å². The van der Waals surface area contributed by atoms with E-state index in [1.165, 1.54) is 7.05 Å². The number of alkyl halides is 2. The molecule has 4 heteroatoms. The van der Waals surface area contributed by atoms with E-state index in [0.29, 0.717) is 12.5 Å². The number of rotatable bonds is 6. The highest BCUT2D eigenvalue weighted by atomic mass is 19.3. The van der Waals surface area contributed by atoms with Gasteiger partial charge in [-0.1, -0.05) is 0 Å². The molecular formula is C8H15F2NO. The molecule has 1 fully saturated rings. The topological polar surface area (TPSA) is 21.3 Å². The second kappa shape index (κ2) is 4.14. The van der Waals surface area contributed by atoms with Gasteiger partial charge in [0.2, 0.25) is 0 Å². The molecule has 0 aromatic carbocycles. The van der Waals surface area contributed by atoms with Crippen molar-refractivity contribution >= 4 is 0 Å². The van der Waals surface area contributed by atoms with Gasteiger partial charge in [0.05, 0.1) is 6.54 Å². The first-order valence-corrected chi connectivity index (χ1v) is 4.24. The molecule has 0 aromatic rings. The Balaban J connectivity index is 2.01. The van der Waals surface area contributed by atoms with Crippen molar-refractivity contribution in [2.24, 2.45) is 5.92 Å². The van der Waals surface area contributed by atoms with Crippen molar-refractivity contribution in [3.05, 3.63) is 0 Å². The Hall–Kier alpha value is -0.220. The lowest BCUT2D eigenvalue weighted by Crippen LogP contribution is -2.35. The first-order chi connectivity index (χ1) is 5.64. The van der Waals surface area contributed by atoms with Crippen LogP contribution in [-0.4, -0.2) is 32.7 Å². The molecule has 12 heavy (non-hydrogen) atoms. The van der Waals surface area contributed by atoms with Crippen molar-refractivity contribution in [1.29, 1.82) is 0 Å². The van der Waals surface area contributed by atoms with E-state index >= 15 is 0 Å². The highest BCUT2D eigenvalue weighted by molar-refractivity contribution is 4.73. The lowest BCUT2D eigenvalue weighted by Gasteiger charge is -2.15. The molecule has 0 heterocycles. The monoisotopic (exact) mass is 179 g/mol. The van der Waals surface area contributed by atoms with Gasteiger partial charge in [-0.25, -0.2) is 8.78 Å². The minimum absolute atomic E-state index is 0.308. The summed E-state index contributed by atoms with van der Waals surface area (Å²) < 4.78 is 30.3. The van der Waals surface area contributed by atoms with Gasteiger partial charge in [-0.3, -0.25) is 0 Å². The summed E-state index contributed by atoms with van der Waals surface area (Å²) in [5.41, 5.74) is 0. The average Bonchev–Trinajstić information content (AvgIpc) is 2.70. The van der Waals surface area contributed by atoms with Gasteiger partial charge in [-0.2, -0.15) is 0 Å². The molecule has 0 saturated heterocycles. The van der Waals surface area contributed by atoms with Crippen molar-refractivity contribution in [3.63, 3.8) is 0 Å². The predicted octanol–water partition coefficient (Wildman–Crippen LogP) is 1.27. The Kier molecular flexibility index (Phi) is 3.40. The number of nitrogens with one attached hydrogen (secondary N) is 1. The molecule has 1 N–H and O–H groups in total. The maximum Gasteiger partial charge on any atom is 0.283 e. The lowest BCUT2D eigenvalue weighted by atomic mass is 10.3. The standard InChI is InChI=1S/C8H15F2NO/c1-11-5-8(9,10)6-12-4-7-2-3-7/h7,11H,2-6H2,1H3. The summed E-state index contributed by atoms with van der Waals surface area (Å²) in [6, 6.07) is 0. The molecule has 72 valence electrons. The van der Waals surface area contributed by atoms with E-state index < -0.39 is 12.5 Å². The normalized spacial score (nSPS) is 18.2. The van der Waals surface area contributed by atoms with Gasteiger partial charge in [-0.05, 0) is 25.8 Å². The summed E-state index contributed by atoms with van der Waals surface area (Å²) in [4.78, 5) is 0. The maximum absolute atomic E-state index is 12.7. The second-order valence-electron chi connectivity index (χ2n) is 3.34. The van der Waals surface area contributed by atoms with Crippen LogP contribution in [0.15, 0.2) is 0 Å². The van der Waals surface area contributed by atoms with Crippen LogP contribution in [0, 0.1) is 5.92 Å². The molecule has 0 atom stereocenters. The van der Waals surface area contributed by atoms with Gasteiger partial charge in [-0.15, -0.1) is 0 Å². The highest BCUT2D eigenvalue weighted by Gasteiger charge is 2.29. The molecule has 0 unspecified atom stereocenters. The second-order valence-corrected chi connectivity index (χ2v) is 3.34. The zero-order valence-electron chi connectivity index (χ0n) is 7.28. The van der Waals surface area contributed by atoms with Crippen molar-refractivity contribution in [2.45, 2.75) is 18.8 Å². The van der Waals surface area contributed by atoms with Gasteiger partial charge in [0.1, 0.15) is 6.61 Å². The third kappa shape index (κ3) is 3.97. The van der Waals surface area contributed by atoms with Crippen LogP contribution in [0.4, 0.5) is 8.78 Å². The number of halogens is 2. The minimum Gasteiger partial charge on any atom is -0.375 e. The molecule has 0 spiro atoms. The Morgan fingerprint density at radius 1 is 1.50 bits per heavy atom. The highest BCUT2D eigenvalue weighted by Crippen LogP contribution is 2.29. The van der Waals surface area contributed by atoms with E-state index in [0.717, 1.165) is 12.8 Å². The molecule has 1 rings (SSSR count). The van der Waals surface area contributed by atoms with Crippen molar-refractivity contribution in [2.75, 3.05) is 26.8 Å². The van der Waals surface area contributed by atoms with Crippen LogP contribution in [0.5, 0.6) is 0 Å². The molecule has 0 bridgehead atoms. The number of hydrogen-bond donors (Lipinski definition) is 1. The van der Waals surface area contributed by atoms with Gasteiger partial charge in [0, 0.05) is 6.61 Å². The van der Waals surface area contributed by atoms with Gasteiger partial charge in [0.25, 0.3) is 5.92 Å². The predicted molar refractivity (Wildman–Crippen MR) is 42.4 cm³/mol. The van der Waals surface area contributed by atoms with E-state index in [4.69, 9.17) is 4.74 Å². The summed E-state index contributed by atoms with van der Waals surface area (Å²) in [7, 11) is 1.51. The molecular weight excluding hydrogens is 164 g/mol. The minimum atomic E-state index is -2.72. The fraction of sp³-hybridized carbons (Fsp3) is 1.00. The van der Waals surface area contributed by atoms with Crippen LogP contribution in [0.25, 0.3) is 0 Å². The fourth-order valence-electron chi connectivity index (χ4n) is 0.969. The molecule has 0 amide bonds. The van der Waals surface area contributed by atoms with Gasteiger partial charge >= 0.3 is 0 Å². The van der Waals surface area contributed by atoms with Crippen molar-refractivity contribution in [1.82, 2.24) is 5.32 Å². The maximum atomic E-state index is 12.7. The average molecular weight is 179 g/mol. The Morgan fingerprint density at radius 2 is 2.17 bits per heavy atom. The Labute approximate surface area is 71.3 Å². The Morgan fingerprint density at radius 3 is 2.67 bits per heavy atom. The van der Waals surface area contributed by atoms with Gasteiger partial charge in [0.15, 0.2) is 0 Å². The molecule has 0 radical (unpaired) electrons. The first kappa shape index (κ1) is 9.86. The summed E-state index contributed by atoms with van der Waals surface area (Å²) >= 11 is 0. The van der Waals surface area contributed by atoms with Crippen LogP contribution in [0.1, 0.15) is 12.8 Å². The first-order valence-electron chi connectivity index (χ1n) is 4.24. The molecule has 1 aliphatic carbocycles. The summed E-state index contributed by atoms with van der Waals surface area (Å²) in [6.07, 6.45) is 2.27. The van der Waals surface area contributed by atoms with E-state index in [1.807, 2.05) is 0 Å². The van der Waals surface area contributed by atoms with Crippen LogP contribution >= 0.6 is 0 Å². The van der Waals surface area contributed by atoms with Gasteiger partial charge < -0.3 is 10.1 Å². The third-order valence-electron chi connectivity index (χ3n) is 1.80. The summed E-state index contributed by atoms with van der Waals surface area (Å²) in [5.74, 6) is -2.17. The largest absolute Gasteiger partial charge is 0.375 e. The van der Waals surface area contributed by atoms with Crippen LogP contribution in [0.3, 0.4) is 0 Å². The fourth-order valence-corrected chi connectivity index (χ4v) is 0.969. The van der Waals surface area contributed by atoms with E-state index in [1.54, 1.807) is 0 Å². The summed E-state index contributed by atoms with van der Waals surface area (Å²) in [5, 5.41) is 2.43. The molecule has 0 aliphatic heterocycles. The van der Waals surface area contributed by atoms with Crippen molar-refractivity contribution < 1.29 is 13.5 Å². The van der Waals surface area contributed by atoms with E-state index in [2.05, 4.69) is 5.32 Å². The number of hydrogen-bond acceptors (Lipinski definition) is 2. The third-order valence-corrected chi connectivity index (χ3v) is 1.80. The SMILES string of the molecule is CNCC(F)(F)COCC1CC1. The van der Waals surface area contributed by atoms with E-state index in [-0.39, 0.29) is 6.54 Å². The quantitative estimate of drug-likeness (QED) is 0.663. The molecule has 1 aliphatic rings. The van der Waals surface area contributed by atoms with Crippen LogP contribution in [0.2, 0.25) is 0 Å². The Bertz CT molecular complexity index is 137. The molecule has 0 aromatic heterocycles. The van der Waals surface area contributed by atoms with E-state index in [9.17, 15) is 8.78 Å². The lowest BCUT2D eigenvalue weighted by molar-refractivity contribution is -0.0755. The van der Waals surface area contributed by atoms with Crippen molar-refractivity contribution in [3.8, 4) is 0 Å². The zero-order valence-corrected chi connectivity index (χ0v) is 7.28. The summed E-state index contributed by atoms with van der Waals surface area (Å²) in [6.45, 7) is -0.263. The zero-order chi connectivity index (χ0) is 9.03. The number of ether oxygens (including phenoxy) is 1. The molecule has 2 nitrogen and oxygen atoms in total.